The highest BCUT2D eigenvalue weighted by molar-refractivity contribution is 6.30. The van der Waals surface area contributed by atoms with Crippen molar-refractivity contribution in [3.8, 4) is 5.75 Å². The molecule has 156 valence electrons. The fourth-order valence-electron chi connectivity index (χ4n) is 4.00. The summed E-state index contributed by atoms with van der Waals surface area (Å²) in [6.07, 6.45) is 0. The van der Waals surface area contributed by atoms with Gasteiger partial charge in [0.25, 0.3) is 0 Å². The molecular formula is C23H27N5O2. The van der Waals surface area contributed by atoms with E-state index in [1.165, 1.54) is 0 Å². The van der Waals surface area contributed by atoms with Gasteiger partial charge in [-0.2, -0.15) is 0 Å². The van der Waals surface area contributed by atoms with Crippen LogP contribution in [0.1, 0.15) is 19.7 Å². The molecule has 0 bridgehead atoms. The number of fused-ring (bicyclic) bond motifs is 1. The second-order valence-electron chi connectivity index (χ2n) is 7.29. The normalized spacial score (nSPS) is 14.1. The van der Waals surface area contributed by atoms with Gasteiger partial charge < -0.3 is 24.2 Å². The van der Waals surface area contributed by atoms with E-state index in [1.54, 1.807) is 12.0 Å². The number of rotatable bonds is 6. The first-order valence-electron chi connectivity index (χ1n) is 10.1. The Bertz CT molecular complexity index is 1130. The molecule has 0 fully saturated rings. The summed E-state index contributed by atoms with van der Waals surface area (Å²) in [5.74, 6) is 1.69. The number of aliphatic hydroxyl groups excluding tert-OH is 1. The minimum Gasteiger partial charge on any atom is -0.509 e. The first-order valence-corrected chi connectivity index (χ1v) is 10.1. The van der Waals surface area contributed by atoms with Gasteiger partial charge in [0.05, 0.1) is 30.3 Å². The molecule has 7 heteroatoms. The predicted molar refractivity (Wildman–Crippen MR) is 122 cm³/mol. The summed E-state index contributed by atoms with van der Waals surface area (Å²) in [6.45, 7) is 6.41. The number of anilines is 2. The highest BCUT2D eigenvalue weighted by Crippen LogP contribution is 2.33. The van der Waals surface area contributed by atoms with E-state index in [-0.39, 0.29) is 18.1 Å². The predicted octanol–water partition coefficient (Wildman–Crippen LogP) is 4.19. The van der Waals surface area contributed by atoms with Crippen molar-refractivity contribution in [2.75, 3.05) is 36.5 Å². The molecule has 0 radical (unpaired) electrons. The maximum atomic E-state index is 10.7. The average molecular weight is 406 g/mol. The molecule has 0 saturated carbocycles. The van der Waals surface area contributed by atoms with Crippen molar-refractivity contribution >= 4 is 33.8 Å². The fraction of sp³-hybridized carbons (Fsp3) is 0.304. The topological polar surface area (TPSA) is 77.6 Å². The van der Waals surface area contributed by atoms with Crippen LogP contribution >= 0.6 is 0 Å². The highest BCUT2D eigenvalue weighted by atomic mass is 16.5. The summed E-state index contributed by atoms with van der Waals surface area (Å²) in [7, 11) is 3.52. The number of benzene rings is 2. The summed E-state index contributed by atoms with van der Waals surface area (Å²) >= 11 is 0. The SMILES string of the molecule is CCN(CC)c1ccc(N2CC(O)=C(c3nc4cc(OC)ccc4n3C)C2=N)cc1. The van der Waals surface area contributed by atoms with Gasteiger partial charge in [-0.25, -0.2) is 4.98 Å². The molecular weight excluding hydrogens is 378 g/mol. The molecule has 0 spiro atoms. The number of imidazole rings is 1. The summed E-state index contributed by atoms with van der Waals surface area (Å²) in [5.41, 5.74) is 4.16. The first-order chi connectivity index (χ1) is 14.5. The summed E-state index contributed by atoms with van der Waals surface area (Å²) in [4.78, 5) is 8.76. The third kappa shape index (κ3) is 3.16. The number of aromatic nitrogens is 2. The second-order valence-corrected chi connectivity index (χ2v) is 7.29. The van der Waals surface area contributed by atoms with E-state index in [2.05, 4.69) is 35.9 Å². The molecule has 7 nitrogen and oxygen atoms in total. The maximum absolute atomic E-state index is 10.7. The quantitative estimate of drug-likeness (QED) is 0.643. The number of aliphatic hydroxyl groups is 1. The van der Waals surface area contributed by atoms with Crippen LogP contribution in [0.4, 0.5) is 11.4 Å². The molecule has 0 amide bonds. The van der Waals surface area contributed by atoms with Crippen LogP contribution in [-0.2, 0) is 7.05 Å². The van der Waals surface area contributed by atoms with Gasteiger partial charge in [0.1, 0.15) is 23.2 Å². The smallest absolute Gasteiger partial charge is 0.148 e. The average Bonchev–Trinajstić information content (AvgIpc) is 3.24. The van der Waals surface area contributed by atoms with Crippen LogP contribution < -0.4 is 14.5 Å². The number of ether oxygens (including phenoxy) is 1. The van der Waals surface area contributed by atoms with Crippen molar-refractivity contribution in [2.24, 2.45) is 7.05 Å². The zero-order chi connectivity index (χ0) is 21.4. The zero-order valence-corrected chi connectivity index (χ0v) is 17.8. The fourth-order valence-corrected chi connectivity index (χ4v) is 4.00. The van der Waals surface area contributed by atoms with Gasteiger partial charge in [-0.15, -0.1) is 0 Å². The molecule has 30 heavy (non-hydrogen) atoms. The first kappa shape index (κ1) is 19.8. The Balaban J connectivity index is 1.66. The molecule has 3 aromatic rings. The monoisotopic (exact) mass is 405 g/mol. The van der Waals surface area contributed by atoms with Crippen LogP contribution in [0.15, 0.2) is 48.2 Å². The van der Waals surface area contributed by atoms with Gasteiger partial charge >= 0.3 is 0 Å². The Morgan fingerprint density at radius 2 is 1.83 bits per heavy atom. The summed E-state index contributed by atoms with van der Waals surface area (Å²) in [5, 5.41) is 19.5. The summed E-state index contributed by atoms with van der Waals surface area (Å²) in [6, 6.07) is 13.8. The Labute approximate surface area is 176 Å². The maximum Gasteiger partial charge on any atom is 0.148 e. The zero-order valence-electron chi connectivity index (χ0n) is 17.8. The van der Waals surface area contributed by atoms with Crippen LogP contribution in [0.5, 0.6) is 5.75 Å². The number of methoxy groups -OCH3 is 1. The van der Waals surface area contributed by atoms with E-state index in [0.29, 0.717) is 11.4 Å². The van der Waals surface area contributed by atoms with Gasteiger partial charge in [0.2, 0.25) is 0 Å². The standard InChI is InChI=1S/C23H27N5O2/c1-5-27(6-2)15-7-9-16(10-8-15)28-14-20(29)21(22(28)24)23-25-18-13-17(30-4)11-12-19(18)26(23)3/h7-13,24,29H,5-6,14H2,1-4H3. The second kappa shape index (κ2) is 7.74. The van der Waals surface area contributed by atoms with Crippen LogP contribution in [0.25, 0.3) is 16.6 Å². The van der Waals surface area contributed by atoms with E-state index in [1.807, 2.05) is 41.9 Å². The minimum absolute atomic E-state index is 0.151. The van der Waals surface area contributed by atoms with E-state index < -0.39 is 0 Å². The number of hydrogen-bond donors (Lipinski definition) is 2. The van der Waals surface area contributed by atoms with Crippen molar-refractivity contribution in [3.63, 3.8) is 0 Å². The van der Waals surface area contributed by atoms with Gasteiger partial charge in [0.15, 0.2) is 0 Å². The molecule has 0 atom stereocenters. The van der Waals surface area contributed by atoms with Crippen LogP contribution in [0, 0.1) is 5.41 Å². The van der Waals surface area contributed by atoms with Crippen molar-refractivity contribution in [1.29, 1.82) is 5.41 Å². The lowest BCUT2D eigenvalue weighted by Crippen LogP contribution is -2.27. The number of hydrogen-bond acceptors (Lipinski definition) is 5. The van der Waals surface area contributed by atoms with Crippen molar-refractivity contribution in [2.45, 2.75) is 13.8 Å². The molecule has 0 unspecified atom stereocenters. The van der Waals surface area contributed by atoms with Crippen LogP contribution in [-0.4, -0.2) is 47.2 Å². The van der Waals surface area contributed by atoms with E-state index in [9.17, 15) is 5.11 Å². The lowest BCUT2D eigenvalue weighted by molar-refractivity contribution is 0.411. The molecule has 4 rings (SSSR count). The van der Waals surface area contributed by atoms with E-state index in [4.69, 9.17) is 10.1 Å². The molecule has 1 aliphatic heterocycles. The molecule has 0 saturated heterocycles. The highest BCUT2D eigenvalue weighted by Gasteiger charge is 2.32. The lowest BCUT2D eigenvalue weighted by atomic mass is 10.2. The number of nitrogens with zero attached hydrogens (tertiary/aromatic N) is 4. The Kier molecular flexibility index (Phi) is 5.11. The van der Waals surface area contributed by atoms with Crippen LogP contribution in [0.3, 0.4) is 0 Å². The van der Waals surface area contributed by atoms with Gasteiger partial charge in [-0.1, -0.05) is 0 Å². The third-order valence-electron chi connectivity index (χ3n) is 5.70. The van der Waals surface area contributed by atoms with Gasteiger partial charge in [-0.3, -0.25) is 5.41 Å². The Hall–Kier alpha value is -3.48. The summed E-state index contributed by atoms with van der Waals surface area (Å²) < 4.78 is 7.20. The van der Waals surface area contributed by atoms with E-state index in [0.717, 1.165) is 41.2 Å². The van der Waals surface area contributed by atoms with Crippen molar-refractivity contribution in [3.05, 3.63) is 54.0 Å². The van der Waals surface area contributed by atoms with Gasteiger partial charge in [-0.05, 0) is 50.2 Å². The van der Waals surface area contributed by atoms with Gasteiger partial charge in [0, 0.05) is 37.6 Å². The number of amidine groups is 1. The van der Waals surface area contributed by atoms with Crippen LogP contribution in [0.2, 0.25) is 0 Å². The van der Waals surface area contributed by atoms with Crippen molar-refractivity contribution < 1.29 is 9.84 Å². The number of aryl methyl sites for hydroxylation is 1. The minimum atomic E-state index is 0.151. The largest absolute Gasteiger partial charge is 0.509 e. The molecule has 2 aromatic carbocycles. The van der Waals surface area contributed by atoms with Crippen molar-refractivity contribution in [1.82, 2.24) is 9.55 Å². The van der Waals surface area contributed by atoms with E-state index >= 15 is 0 Å². The Morgan fingerprint density at radius 1 is 1.13 bits per heavy atom. The molecule has 2 heterocycles. The molecule has 2 N–H and O–H groups in total. The number of nitrogens with one attached hydrogen (secondary N) is 1. The third-order valence-corrected chi connectivity index (χ3v) is 5.70. The molecule has 0 aliphatic carbocycles. The molecule has 1 aliphatic rings. The lowest BCUT2D eigenvalue weighted by Gasteiger charge is -2.23. The Morgan fingerprint density at radius 3 is 2.47 bits per heavy atom. The molecule has 1 aromatic heterocycles.